The molecule has 8 heteroatoms. The molecule has 1 aromatic carbocycles. The van der Waals surface area contributed by atoms with Crippen molar-refractivity contribution in [1.29, 1.82) is 0 Å². The Morgan fingerprint density at radius 1 is 1.19 bits per heavy atom. The molecule has 0 saturated carbocycles. The first-order valence-corrected chi connectivity index (χ1v) is 6.94. The lowest BCUT2D eigenvalue weighted by molar-refractivity contribution is -0.250. The van der Waals surface area contributed by atoms with Gasteiger partial charge in [0, 0.05) is 13.1 Å². The van der Waals surface area contributed by atoms with Crippen LogP contribution >= 0.6 is 11.3 Å². The molecule has 0 aliphatic carbocycles. The lowest BCUT2D eigenvalue weighted by Crippen LogP contribution is -2.41. The summed E-state index contributed by atoms with van der Waals surface area (Å²) >= 11 is 1.23. The van der Waals surface area contributed by atoms with Crippen LogP contribution < -0.4 is 21.5 Å². The lowest BCUT2D eigenvalue weighted by atomic mass is 10.1. The Morgan fingerprint density at radius 3 is 2.52 bits per heavy atom. The Kier molecular flexibility index (Phi) is 4.72. The minimum absolute atomic E-state index is 0.0639. The molecule has 0 aliphatic rings. The van der Waals surface area contributed by atoms with Crippen LogP contribution in [0, 0.1) is 0 Å². The maximum Gasteiger partial charge on any atom is 0.271 e. The maximum atomic E-state index is 12.1. The van der Waals surface area contributed by atoms with Gasteiger partial charge in [0.2, 0.25) is 0 Å². The molecule has 0 fully saturated rings. The Hall–Kier alpha value is -2.61. The van der Waals surface area contributed by atoms with E-state index in [9.17, 15) is 14.7 Å². The molecule has 2 amide bonds. The first-order valence-electron chi connectivity index (χ1n) is 6.12. The smallest absolute Gasteiger partial charge is 0.271 e. The fourth-order valence-electron chi connectivity index (χ4n) is 1.70. The Labute approximate surface area is 124 Å². The number of nitrogens with two attached hydrogens (primary N) is 1. The maximum absolute atomic E-state index is 12.1. The second kappa shape index (κ2) is 6.71. The van der Waals surface area contributed by atoms with Crippen molar-refractivity contribution in [3.8, 4) is 10.4 Å². The number of nitrogens with one attached hydrogen (secondary N) is 2. The summed E-state index contributed by atoms with van der Waals surface area (Å²) in [4.78, 5) is 27.0. The van der Waals surface area contributed by atoms with Crippen molar-refractivity contribution < 1.29 is 14.7 Å². The third kappa shape index (κ3) is 3.93. The first kappa shape index (κ1) is 14.8. The number of thiazole rings is 1. The number of carbonyl (C=O) groups excluding carboxylic acids is 2. The number of amides is 2. The minimum atomic E-state index is -1.38. The van der Waals surface area contributed by atoms with E-state index in [2.05, 4.69) is 15.6 Å². The van der Waals surface area contributed by atoms with Crippen LogP contribution in [0.4, 0.5) is 9.93 Å². The number of benzene rings is 1. The van der Waals surface area contributed by atoms with E-state index in [0.29, 0.717) is 10.0 Å². The van der Waals surface area contributed by atoms with Crippen molar-refractivity contribution in [2.24, 2.45) is 0 Å². The predicted molar refractivity (Wildman–Crippen MR) is 77.7 cm³/mol. The third-order valence-corrected chi connectivity index (χ3v) is 3.51. The monoisotopic (exact) mass is 305 g/mol. The van der Waals surface area contributed by atoms with Gasteiger partial charge in [0.05, 0.1) is 4.88 Å². The van der Waals surface area contributed by atoms with Gasteiger partial charge in [-0.3, -0.25) is 4.79 Å². The molecular weight excluding hydrogens is 292 g/mol. The fraction of sp³-hybridized carbons (Fsp3) is 0.154. The van der Waals surface area contributed by atoms with Gasteiger partial charge in [0.25, 0.3) is 5.91 Å². The number of nitrogen functional groups attached to an aromatic ring is 1. The number of carbonyl (C=O) groups is 2. The highest BCUT2D eigenvalue weighted by Gasteiger charge is 2.18. The average molecular weight is 305 g/mol. The number of hydrogen-bond donors (Lipinski definition) is 3. The molecular formula is C13H13N4O3S-. The number of rotatable bonds is 5. The van der Waals surface area contributed by atoms with Gasteiger partial charge in [-0.1, -0.05) is 41.7 Å². The minimum Gasteiger partial charge on any atom is -0.530 e. The van der Waals surface area contributed by atoms with Crippen LogP contribution in [0.3, 0.4) is 0 Å². The Morgan fingerprint density at radius 2 is 1.86 bits per heavy atom. The number of hydrogen-bond acceptors (Lipinski definition) is 6. The van der Waals surface area contributed by atoms with Gasteiger partial charge in [0.15, 0.2) is 5.13 Å². The topological polar surface area (TPSA) is 120 Å². The summed E-state index contributed by atoms with van der Waals surface area (Å²) in [5.41, 5.74) is 6.76. The van der Waals surface area contributed by atoms with E-state index in [4.69, 9.17) is 5.73 Å². The summed E-state index contributed by atoms with van der Waals surface area (Å²) in [7, 11) is 0. The van der Waals surface area contributed by atoms with Crippen LogP contribution in [-0.2, 0) is 0 Å². The van der Waals surface area contributed by atoms with Crippen molar-refractivity contribution >= 4 is 28.5 Å². The second-order valence-electron chi connectivity index (χ2n) is 4.07. The number of aromatic nitrogens is 1. The van der Waals surface area contributed by atoms with Gasteiger partial charge in [-0.15, -0.1) is 0 Å². The molecule has 1 heterocycles. The molecule has 1 aromatic heterocycles. The van der Waals surface area contributed by atoms with E-state index in [0.717, 1.165) is 5.56 Å². The molecule has 2 aromatic rings. The van der Waals surface area contributed by atoms with Gasteiger partial charge < -0.3 is 26.3 Å². The van der Waals surface area contributed by atoms with Crippen LogP contribution in [0.2, 0.25) is 0 Å². The fourth-order valence-corrected chi connectivity index (χ4v) is 2.54. The molecule has 110 valence electrons. The van der Waals surface area contributed by atoms with Gasteiger partial charge in [0.1, 0.15) is 11.8 Å². The van der Waals surface area contributed by atoms with E-state index in [1.807, 2.05) is 30.3 Å². The number of nitrogens with zero attached hydrogens (tertiary/aromatic N) is 1. The zero-order valence-corrected chi connectivity index (χ0v) is 11.8. The second-order valence-corrected chi connectivity index (χ2v) is 5.10. The van der Waals surface area contributed by atoms with Crippen LogP contribution in [0.25, 0.3) is 10.4 Å². The molecule has 2 rings (SSSR count). The number of carboxylic acid groups (broad SMARTS) is 1. The zero-order valence-electron chi connectivity index (χ0n) is 11.0. The highest BCUT2D eigenvalue weighted by atomic mass is 32.1. The highest BCUT2D eigenvalue weighted by Crippen LogP contribution is 2.31. The summed E-state index contributed by atoms with van der Waals surface area (Å²) in [5, 5.41) is 15.1. The molecule has 21 heavy (non-hydrogen) atoms. The van der Waals surface area contributed by atoms with Crippen LogP contribution in [0.5, 0.6) is 0 Å². The van der Waals surface area contributed by atoms with Crippen molar-refractivity contribution in [3.63, 3.8) is 0 Å². The first-order chi connectivity index (χ1) is 10.1. The SMILES string of the molecule is Nc1nc(C(=O)NCCNC(=O)[O-])c(-c2ccccc2)s1. The van der Waals surface area contributed by atoms with Crippen molar-refractivity contribution in [2.75, 3.05) is 18.8 Å². The summed E-state index contributed by atoms with van der Waals surface area (Å²) in [6.07, 6.45) is -1.38. The largest absolute Gasteiger partial charge is 0.530 e. The Bertz CT molecular complexity index is 642. The molecule has 0 spiro atoms. The molecule has 0 saturated heterocycles. The van der Waals surface area contributed by atoms with Gasteiger partial charge >= 0.3 is 0 Å². The summed E-state index contributed by atoms with van der Waals surface area (Å²) < 4.78 is 0. The van der Waals surface area contributed by atoms with Gasteiger partial charge in [-0.2, -0.15) is 0 Å². The van der Waals surface area contributed by atoms with Gasteiger partial charge in [-0.25, -0.2) is 4.98 Å². The predicted octanol–water partition coefficient (Wildman–Crippen LogP) is 0.0550. The summed E-state index contributed by atoms with van der Waals surface area (Å²) in [5.74, 6) is -0.401. The molecule has 0 aliphatic heterocycles. The van der Waals surface area contributed by atoms with E-state index < -0.39 is 12.0 Å². The van der Waals surface area contributed by atoms with E-state index in [1.165, 1.54) is 11.3 Å². The standard InChI is InChI=1S/C13H14N4O3S/c14-12-17-9(11(18)15-6-7-16-13(19)20)10(21-12)8-4-2-1-3-5-8/h1-5,16H,6-7H2,(H2,14,17)(H,15,18)(H,19,20)/p-1. The molecule has 0 atom stereocenters. The zero-order chi connectivity index (χ0) is 15.2. The van der Waals surface area contributed by atoms with Crippen molar-refractivity contribution in [3.05, 3.63) is 36.0 Å². The van der Waals surface area contributed by atoms with Crippen molar-refractivity contribution in [1.82, 2.24) is 15.6 Å². The molecule has 7 nitrogen and oxygen atoms in total. The molecule has 0 radical (unpaired) electrons. The molecule has 0 bridgehead atoms. The van der Waals surface area contributed by atoms with E-state index >= 15 is 0 Å². The Balaban J connectivity index is 2.09. The lowest BCUT2D eigenvalue weighted by Gasteiger charge is -2.07. The molecule has 4 N–H and O–H groups in total. The van der Waals surface area contributed by atoms with E-state index in [1.54, 1.807) is 0 Å². The third-order valence-electron chi connectivity index (χ3n) is 2.57. The summed E-state index contributed by atoms with van der Waals surface area (Å²) in [6, 6.07) is 9.31. The van der Waals surface area contributed by atoms with Crippen LogP contribution in [-0.4, -0.2) is 30.1 Å². The van der Waals surface area contributed by atoms with E-state index in [-0.39, 0.29) is 18.8 Å². The average Bonchev–Trinajstić information content (AvgIpc) is 2.86. The summed E-state index contributed by atoms with van der Waals surface area (Å²) in [6.45, 7) is 0.201. The molecule has 0 unspecified atom stereocenters. The van der Waals surface area contributed by atoms with Crippen LogP contribution in [0.1, 0.15) is 10.5 Å². The normalized spacial score (nSPS) is 10.1. The quantitative estimate of drug-likeness (QED) is 0.674. The number of anilines is 1. The highest BCUT2D eigenvalue weighted by molar-refractivity contribution is 7.19. The van der Waals surface area contributed by atoms with Crippen LogP contribution in [0.15, 0.2) is 30.3 Å². The van der Waals surface area contributed by atoms with Gasteiger partial charge in [-0.05, 0) is 5.56 Å². The van der Waals surface area contributed by atoms with Crippen molar-refractivity contribution in [2.45, 2.75) is 0 Å².